The molecule has 2 heterocycles. The number of pyridine rings is 1. The molecule has 104 valence electrons. The van der Waals surface area contributed by atoms with E-state index in [2.05, 4.69) is 17.2 Å². The van der Waals surface area contributed by atoms with Gasteiger partial charge in [0.2, 0.25) is 5.91 Å². The van der Waals surface area contributed by atoms with Crippen molar-refractivity contribution in [3.05, 3.63) is 29.6 Å². The van der Waals surface area contributed by atoms with Gasteiger partial charge in [-0.2, -0.15) is 0 Å². The van der Waals surface area contributed by atoms with Crippen LogP contribution in [-0.4, -0.2) is 48.6 Å². The number of hydrogen-bond donors (Lipinski definition) is 1. The Morgan fingerprint density at radius 3 is 2.95 bits per heavy atom. The Labute approximate surface area is 114 Å². The van der Waals surface area contributed by atoms with Crippen LogP contribution in [0, 0.1) is 6.92 Å². The Bertz CT molecular complexity index is 430. The Hall–Kier alpha value is -1.46. The number of aryl methyl sites for hydroxylation is 1. The molecule has 1 fully saturated rings. The summed E-state index contributed by atoms with van der Waals surface area (Å²) in [4.78, 5) is 17.9. The van der Waals surface area contributed by atoms with E-state index in [0.29, 0.717) is 32.8 Å². The van der Waals surface area contributed by atoms with Crippen molar-refractivity contribution < 1.29 is 9.53 Å². The number of carbonyl (C=O) groups excluding carboxylic acids is 1. The van der Waals surface area contributed by atoms with Crippen LogP contribution in [0.5, 0.6) is 0 Å². The molecule has 1 aliphatic heterocycles. The minimum atomic E-state index is 0.141. The van der Waals surface area contributed by atoms with Crippen LogP contribution < -0.4 is 5.32 Å². The summed E-state index contributed by atoms with van der Waals surface area (Å²) < 4.78 is 5.24. The lowest BCUT2D eigenvalue weighted by Crippen LogP contribution is -2.45. The normalized spacial score (nSPS) is 17.3. The molecule has 1 aliphatic rings. The maximum atomic E-state index is 12.0. The molecule has 0 aliphatic carbocycles. The fourth-order valence-electron chi connectivity index (χ4n) is 2.24. The molecule has 1 unspecified atom stereocenters. The Balaban J connectivity index is 1.84. The van der Waals surface area contributed by atoms with Gasteiger partial charge in [-0.1, -0.05) is 0 Å². The fraction of sp³-hybridized carbons (Fsp3) is 0.571. The van der Waals surface area contributed by atoms with E-state index >= 15 is 0 Å². The maximum absolute atomic E-state index is 12.0. The molecule has 0 spiro atoms. The number of nitrogens with zero attached hydrogens (tertiary/aromatic N) is 2. The van der Waals surface area contributed by atoms with E-state index in [1.54, 1.807) is 6.20 Å². The summed E-state index contributed by atoms with van der Waals surface area (Å²) in [5.74, 6) is 0.141. The summed E-state index contributed by atoms with van der Waals surface area (Å²) in [5.41, 5.74) is 2.33. The molecule has 1 saturated heterocycles. The van der Waals surface area contributed by atoms with Crippen LogP contribution in [0.4, 0.5) is 0 Å². The first-order valence-corrected chi connectivity index (χ1v) is 6.68. The van der Waals surface area contributed by atoms with E-state index in [-0.39, 0.29) is 11.9 Å². The van der Waals surface area contributed by atoms with E-state index in [9.17, 15) is 4.79 Å². The first-order chi connectivity index (χ1) is 9.18. The number of rotatable bonds is 4. The summed E-state index contributed by atoms with van der Waals surface area (Å²) >= 11 is 0. The quantitative estimate of drug-likeness (QED) is 0.877. The molecular formula is C14H21N3O2. The third-order valence-corrected chi connectivity index (χ3v) is 3.45. The molecule has 1 amide bonds. The smallest absolute Gasteiger partial charge is 0.236 e. The lowest BCUT2D eigenvalue weighted by molar-refractivity contribution is -0.134. The van der Waals surface area contributed by atoms with Crippen molar-refractivity contribution in [2.45, 2.75) is 19.9 Å². The molecule has 19 heavy (non-hydrogen) atoms. The zero-order valence-electron chi connectivity index (χ0n) is 11.6. The second-order valence-electron chi connectivity index (χ2n) is 4.83. The van der Waals surface area contributed by atoms with Crippen LogP contribution >= 0.6 is 0 Å². The lowest BCUT2D eigenvalue weighted by atomic mass is 10.1. The number of morpholine rings is 1. The highest BCUT2D eigenvalue weighted by Gasteiger charge is 2.17. The van der Waals surface area contributed by atoms with E-state index in [1.807, 2.05) is 24.1 Å². The van der Waals surface area contributed by atoms with Crippen molar-refractivity contribution in [1.29, 1.82) is 0 Å². The molecule has 0 aromatic carbocycles. The number of hydrogen-bond acceptors (Lipinski definition) is 4. The molecule has 0 saturated carbocycles. The van der Waals surface area contributed by atoms with Crippen LogP contribution in [0.15, 0.2) is 18.5 Å². The SMILES string of the molecule is Cc1cnccc1C(C)NCC(=O)N1CCOCC1. The van der Waals surface area contributed by atoms with Gasteiger partial charge in [-0.25, -0.2) is 0 Å². The molecular weight excluding hydrogens is 242 g/mol. The van der Waals surface area contributed by atoms with Gasteiger partial charge in [0.05, 0.1) is 19.8 Å². The van der Waals surface area contributed by atoms with Crippen molar-refractivity contribution in [3.63, 3.8) is 0 Å². The predicted octanol–water partition coefficient (Wildman–Crippen LogP) is 0.899. The molecule has 0 bridgehead atoms. The summed E-state index contributed by atoms with van der Waals surface area (Å²) in [6.07, 6.45) is 3.63. The zero-order valence-corrected chi connectivity index (χ0v) is 11.6. The third kappa shape index (κ3) is 3.75. The summed E-state index contributed by atoms with van der Waals surface area (Å²) in [5, 5.41) is 3.28. The minimum Gasteiger partial charge on any atom is -0.378 e. The van der Waals surface area contributed by atoms with Gasteiger partial charge >= 0.3 is 0 Å². The van der Waals surface area contributed by atoms with E-state index in [0.717, 1.165) is 5.56 Å². The summed E-state index contributed by atoms with van der Waals surface area (Å²) in [6, 6.07) is 2.14. The predicted molar refractivity (Wildman–Crippen MR) is 72.8 cm³/mol. The molecule has 2 rings (SSSR count). The number of nitrogens with one attached hydrogen (secondary N) is 1. The fourth-order valence-corrected chi connectivity index (χ4v) is 2.24. The first kappa shape index (κ1) is 14.0. The van der Waals surface area contributed by atoms with Crippen molar-refractivity contribution >= 4 is 5.91 Å². The summed E-state index contributed by atoms with van der Waals surface area (Å²) in [7, 11) is 0. The minimum absolute atomic E-state index is 0.141. The second kappa shape index (κ2) is 6.63. The van der Waals surface area contributed by atoms with Crippen LogP contribution in [-0.2, 0) is 9.53 Å². The second-order valence-corrected chi connectivity index (χ2v) is 4.83. The third-order valence-electron chi connectivity index (χ3n) is 3.45. The highest BCUT2D eigenvalue weighted by atomic mass is 16.5. The topological polar surface area (TPSA) is 54.5 Å². The van der Waals surface area contributed by atoms with Gasteiger partial charge < -0.3 is 15.0 Å². The van der Waals surface area contributed by atoms with Crippen LogP contribution in [0.1, 0.15) is 24.1 Å². The monoisotopic (exact) mass is 263 g/mol. The molecule has 0 radical (unpaired) electrons. The van der Waals surface area contributed by atoms with Gasteiger partial charge in [0.1, 0.15) is 0 Å². The van der Waals surface area contributed by atoms with Crippen LogP contribution in [0.25, 0.3) is 0 Å². The van der Waals surface area contributed by atoms with Gasteiger partial charge in [-0.3, -0.25) is 9.78 Å². The lowest BCUT2D eigenvalue weighted by Gasteiger charge is -2.27. The maximum Gasteiger partial charge on any atom is 0.236 e. The Morgan fingerprint density at radius 2 is 2.26 bits per heavy atom. The van der Waals surface area contributed by atoms with Gasteiger partial charge in [0.15, 0.2) is 0 Å². The van der Waals surface area contributed by atoms with Crippen molar-refractivity contribution in [3.8, 4) is 0 Å². The number of aromatic nitrogens is 1. The van der Waals surface area contributed by atoms with Crippen molar-refractivity contribution in [2.24, 2.45) is 0 Å². The van der Waals surface area contributed by atoms with Crippen LogP contribution in [0.3, 0.4) is 0 Å². The molecule has 1 N–H and O–H groups in total. The zero-order chi connectivity index (χ0) is 13.7. The molecule has 1 aromatic heterocycles. The van der Waals surface area contributed by atoms with E-state index in [1.165, 1.54) is 5.56 Å². The molecule has 5 heteroatoms. The largest absolute Gasteiger partial charge is 0.378 e. The van der Waals surface area contributed by atoms with Crippen molar-refractivity contribution in [1.82, 2.24) is 15.2 Å². The van der Waals surface area contributed by atoms with Gasteiger partial charge in [0, 0.05) is 31.5 Å². The van der Waals surface area contributed by atoms with Crippen LogP contribution in [0.2, 0.25) is 0 Å². The number of amides is 1. The average Bonchev–Trinajstić information content (AvgIpc) is 2.46. The Kier molecular flexibility index (Phi) is 4.87. The van der Waals surface area contributed by atoms with Gasteiger partial charge in [0.25, 0.3) is 0 Å². The standard InChI is InChI=1S/C14H21N3O2/c1-11-9-15-4-3-13(11)12(2)16-10-14(18)17-5-7-19-8-6-17/h3-4,9,12,16H,5-8,10H2,1-2H3. The number of carbonyl (C=O) groups is 1. The average molecular weight is 263 g/mol. The highest BCUT2D eigenvalue weighted by molar-refractivity contribution is 5.78. The summed E-state index contributed by atoms with van der Waals surface area (Å²) in [6.45, 7) is 7.14. The molecule has 1 aromatic rings. The van der Waals surface area contributed by atoms with E-state index in [4.69, 9.17) is 4.74 Å². The Morgan fingerprint density at radius 1 is 1.53 bits per heavy atom. The molecule has 5 nitrogen and oxygen atoms in total. The van der Waals surface area contributed by atoms with Crippen molar-refractivity contribution in [2.75, 3.05) is 32.8 Å². The number of ether oxygens (including phenoxy) is 1. The molecule has 1 atom stereocenters. The first-order valence-electron chi connectivity index (χ1n) is 6.68. The highest BCUT2D eigenvalue weighted by Crippen LogP contribution is 2.15. The van der Waals surface area contributed by atoms with Gasteiger partial charge in [-0.05, 0) is 31.0 Å². The van der Waals surface area contributed by atoms with Gasteiger partial charge in [-0.15, -0.1) is 0 Å². The van der Waals surface area contributed by atoms with E-state index < -0.39 is 0 Å².